The number of alkyl halides is 6. The van der Waals surface area contributed by atoms with Gasteiger partial charge in [0.15, 0.2) is 0 Å². The van der Waals surface area contributed by atoms with Crippen molar-refractivity contribution >= 4 is 13.3 Å². The Kier molecular flexibility index (Phi) is 5.96. The molecular weight excluding hydrogens is 381 g/mol. The van der Waals surface area contributed by atoms with E-state index in [2.05, 4.69) is 0 Å². The summed E-state index contributed by atoms with van der Waals surface area (Å²) in [5.41, 5.74) is -5.94. The third kappa shape index (κ3) is 4.75. The second-order valence-electron chi connectivity index (χ2n) is 5.46. The summed E-state index contributed by atoms with van der Waals surface area (Å²) in [5, 5.41) is 0. The molecule has 2 rings (SSSR count). The highest BCUT2D eigenvalue weighted by atomic mass is 31.1. The molecule has 0 N–H and O–H groups in total. The van der Waals surface area contributed by atoms with Gasteiger partial charge in [-0.25, -0.2) is 0 Å². The van der Waals surface area contributed by atoms with Crippen LogP contribution in [0, 0.1) is 0 Å². The molecule has 0 aliphatic heterocycles. The molecule has 26 heavy (non-hydrogen) atoms. The Morgan fingerprint density at radius 1 is 0.808 bits per heavy atom. The third-order valence-corrected chi connectivity index (χ3v) is 5.10. The first-order chi connectivity index (χ1) is 12.0. The number of hydrogen-bond donors (Lipinski definition) is 0. The summed E-state index contributed by atoms with van der Waals surface area (Å²) in [5.74, 6) is 0. The zero-order valence-electron chi connectivity index (χ0n) is 13.1. The van der Waals surface area contributed by atoms with E-state index in [1.807, 2.05) is 0 Å². The summed E-state index contributed by atoms with van der Waals surface area (Å²) in [4.78, 5) is 12.2. The molecule has 0 bridgehead atoms. The molecular formula is C17H13F6O2P. The summed E-state index contributed by atoms with van der Waals surface area (Å²) >= 11 is 0. The van der Waals surface area contributed by atoms with E-state index in [9.17, 15) is 35.7 Å². The van der Waals surface area contributed by atoms with Gasteiger partial charge in [-0.3, -0.25) is 4.79 Å². The number of benzene rings is 2. The van der Waals surface area contributed by atoms with E-state index >= 15 is 0 Å². The Labute approximate surface area is 145 Å². The van der Waals surface area contributed by atoms with E-state index in [1.54, 1.807) is 30.3 Å². The van der Waals surface area contributed by atoms with E-state index in [1.165, 1.54) is 0 Å². The summed E-state index contributed by atoms with van der Waals surface area (Å²) in [6.07, 6.45) is -10.5. The van der Waals surface area contributed by atoms with Gasteiger partial charge in [-0.2, -0.15) is 26.3 Å². The van der Waals surface area contributed by atoms with Gasteiger partial charge in [-0.15, -0.1) is 0 Å². The lowest BCUT2D eigenvalue weighted by Gasteiger charge is -2.17. The molecule has 140 valence electrons. The van der Waals surface area contributed by atoms with Crippen LogP contribution >= 0.6 is 7.80 Å². The Morgan fingerprint density at radius 3 is 1.77 bits per heavy atom. The maximum atomic E-state index is 13.1. The van der Waals surface area contributed by atoms with Gasteiger partial charge >= 0.3 is 12.4 Å². The lowest BCUT2D eigenvalue weighted by Crippen LogP contribution is -2.19. The van der Waals surface area contributed by atoms with E-state index in [0.717, 1.165) is 0 Å². The van der Waals surface area contributed by atoms with E-state index in [-0.39, 0.29) is 12.6 Å². The second-order valence-corrected chi connectivity index (χ2v) is 7.26. The van der Waals surface area contributed by atoms with Crippen LogP contribution in [-0.4, -0.2) is 11.7 Å². The lowest BCUT2D eigenvalue weighted by atomic mass is 10.0. The minimum atomic E-state index is -5.17. The fourth-order valence-corrected chi connectivity index (χ4v) is 3.72. The van der Waals surface area contributed by atoms with Crippen molar-refractivity contribution < 1.29 is 35.7 Å². The van der Waals surface area contributed by atoms with Gasteiger partial charge in [0, 0.05) is 11.7 Å². The Balaban J connectivity index is 2.38. The lowest BCUT2D eigenvalue weighted by molar-refractivity contribution is -0.143. The fraction of sp³-hybridized carbons (Fsp3) is 0.235. The second kappa shape index (κ2) is 7.66. The smallest absolute Gasteiger partial charge is 0.318 e. The first kappa shape index (κ1) is 20.2. The molecule has 0 saturated carbocycles. The first-order valence-electron chi connectivity index (χ1n) is 7.40. The van der Waals surface area contributed by atoms with Crippen LogP contribution in [0.5, 0.6) is 0 Å². The van der Waals surface area contributed by atoms with Crippen LogP contribution in [0.1, 0.15) is 27.0 Å². The molecule has 0 spiro atoms. The van der Waals surface area contributed by atoms with Crippen molar-refractivity contribution in [1.29, 1.82) is 0 Å². The number of hydrogen-bond acceptors (Lipinski definition) is 2. The molecule has 0 aliphatic rings. The SMILES string of the molecule is O=C(c1c(C(F)(F)F)cccc1C(F)(F)F)[PH](=O)CCc1ccccc1. The van der Waals surface area contributed by atoms with Gasteiger partial charge in [0.25, 0.3) is 0 Å². The van der Waals surface area contributed by atoms with E-state index in [4.69, 9.17) is 0 Å². The van der Waals surface area contributed by atoms with E-state index < -0.39 is 42.4 Å². The van der Waals surface area contributed by atoms with Crippen molar-refractivity contribution in [2.75, 3.05) is 6.16 Å². The minimum Gasteiger partial charge on any atom is -0.318 e. The summed E-state index contributed by atoms with van der Waals surface area (Å²) < 4.78 is 90.7. The minimum absolute atomic E-state index is 0.111. The standard InChI is InChI=1S/C17H13F6O2P/c18-16(19,20)12-7-4-8-13(17(21,22)23)14(12)15(24)26(25)10-9-11-5-2-1-3-6-11/h1-8,26H,9-10H2. The van der Waals surface area contributed by atoms with Gasteiger partial charge in [0.1, 0.15) is 7.80 Å². The number of carbonyl (C=O) groups is 1. The zero-order valence-corrected chi connectivity index (χ0v) is 14.1. The van der Waals surface area contributed by atoms with Crippen LogP contribution in [0.3, 0.4) is 0 Å². The van der Waals surface area contributed by atoms with Crippen LogP contribution in [0.2, 0.25) is 0 Å². The van der Waals surface area contributed by atoms with Gasteiger partial charge in [0.2, 0.25) is 5.52 Å². The molecule has 1 atom stereocenters. The van der Waals surface area contributed by atoms with Crippen LogP contribution in [0.15, 0.2) is 48.5 Å². The zero-order chi connectivity index (χ0) is 19.5. The van der Waals surface area contributed by atoms with Crippen LogP contribution in [0.4, 0.5) is 26.3 Å². The molecule has 2 aromatic carbocycles. The molecule has 0 saturated heterocycles. The number of halogens is 6. The molecule has 2 aromatic rings. The number of rotatable bonds is 5. The summed E-state index contributed by atoms with van der Waals surface area (Å²) in [6.45, 7) is 0. The maximum absolute atomic E-state index is 13.1. The van der Waals surface area contributed by atoms with Crippen molar-refractivity contribution in [3.8, 4) is 0 Å². The molecule has 0 fully saturated rings. The highest BCUT2D eigenvalue weighted by molar-refractivity contribution is 7.64. The Bertz CT molecular complexity index is 780. The van der Waals surface area contributed by atoms with Crippen molar-refractivity contribution in [3.63, 3.8) is 0 Å². The largest absolute Gasteiger partial charge is 0.417 e. The highest BCUT2D eigenvalue weighted by Gasteiger charge is 2.43. The van der Waals surface area contributed by atoms with Crippen molar-refractivity contribution in [2.45, 2.75) is 18.8 Å². The summed E-state index contributed by atoms with van der Waals surface area (Å²) in [6, 6.07) is 9.72. The van der Waals surface area contributed by atoms with Crippen molar-refractivity contribution in [1.82, 2.24) is 0 Å². The predicted molar refractivity (Wildman–Crippen MR) is 84.8 cm³/mol. The number of carbonyl (C=O) groups excluding carboxylic acids is 1. The molecule has 0 radical (unpaired) electrons. The monoisotopic (exact) mass is 394 g/mol. The topological polar surface area (TPSA) is 34.1 Å². The third-order valence-electron chi connectivity index (χ3n) is 3.64. The number of aryl methyl sites for hydroxylation is 1. The molecule has 2 nitrogen and oxygen atoms in total. The summed E-state index contributed by atoms with van der Waals surface area (Å²) in [7, 11) is -3.37. The van der Waals surface area contributed by atoms with Crippen LogP contribution in [0.25, 0.3) is 0 Å². The van der Waals surface area contributed by atoms with Crippen molar-refractivity contribution in [3.05, 3.63) is 70.8 Å². The van der Waals surface area contributed by atoms with E-state index in [0.29, 0.717) is 23.8 Å². The predicted octanol–water partition coefficient (Wildman–Crippen LogP) is 5.67. The van der Waals surface area contributed by atoms with Gasteiger partial charge in [-0.1, -0.05) is 36.4 Å². The molecule has 9 heteroatoms. The van der Waals surface area contributed by atoms with Gasteiger partial charge < -0.3 is 4.57 Å². The van der Waals surface area contributed by atoms with Crippen LogP contribution < -0.4 is 0 Å². The average molecular weight is 394 g/mol. The fourth-order valence-electron chi connectivity index (χ4n) is 2.42. The van der Waals surface area contributed by atoms with Gasteiger partial charge in [0.05, 0.1) is 11.1 Å². The molecule has 1 unspecified atom stereocenters. The average Bonchev–Trinajstić information content (AvgIpc) is 2.57. The van der Waals surface area contributed by atoms with Crippen LogP contribution in [-0.2, 0) is 23.3 Å². The quantitative estimate of drug-likeness (QED) is 0.484. The molecule has 0 heterocycles. The Hall–Kier alpha value is -2.08. The first-order valence-corrected chi connectivity index (χ1v) is 9.02. The normalized spacial score (nSPS) is 13.5. The highest BCUT2D eigenvalue weighted by Crippen LogP contribution is 2.43. The van der Waals surface area contributed by atoms with Crippen molar-refractivity contribution in [2.24, 2.45) is 0 Å². The maximum Gasteiger partial charge on any atom is 0.417 e. The molecule has 0 aromatic heterocycles. The molecule has 0 amide bonds. The Morgan fingerprint density at radius 2 is 1.31 bits per heavy atom. The molecule has 0 aliphatic carbocycles. The van der Waals surface area contributed by atoms with Gasteiger partial charge in [-0.05, 0) is 24.1 Å².